The summed E-state index contributed by atoms with van der Waals surface area (Å²) in [6, 6.07) is 14.8. The van der Waals surface area contributed by atoms with E-state index in [4.69, 9.17) is 9.15 Å². The number of imidazole rings is 1. The highest BCUT2D eigenvalue weighted by Crippen LogP contribution is 2.32. The van der Waals surface area contributed by atoms with E-state index in [1.807, 2.05) is 49.4 Å². The molecule has 2 aromatic heterocycles. The summed E-state index contributed by atoms with van der Waals surface area (Å²) in [6.07, 6.45) is 0.909. The molecule has 1 aliphatic heterocycles. The number of hydrogen-bond acceptors (Lipinski definition) is 5. The largest absolute Gasteiger partial charge is 0.449 e. The van der Waals surface area contributed by atoms with Gasteiger partial charge in [-0.25, -0.2) is 4.79 Å². The number of furan rings is 1. The lowest BCUT2D eigenvalue weighted by molar-refractivity contribution is -0.116. The molecule has 0 saturated carbocycles. The van der Waals surface area contributed by atoms with Gasteiger partial charge >= 0.3 is 5.69 Å². The molecule has 1 aliphatic rings. The van der Waals surface area contributed by atoms with Gasteiger partial charge in [0, 0.05) is 38.0 Å². The standard InChI is InChI=1S/C26H28N4O5/c1-2-12-29-19-8-4-5-9-20(19)30(26(29)33)13-11-22(31)27-23-18-7-3-6-10-21(18)35-24(23)25(32)28-14-16-34-17-15-28/h3-10H,2,11-17H2,1H3,(H,27,31). The third-order valence-electron chi connectivity index (χ3n) is 6.29. The van der Waals surface area contributed by atoms with E-state index in [-0.39, 0.29) is 36.2 Å². The smallest absolute Gasteiger partial charge is 0.329 e. The number of carbonyl (C=O) groups excluding carboxylic acids is 2. The third-order valence-corrected chi connectivity index (χ3v) is 6.29. The molecule has 5 rings (SSSR count). The first-order valence-electron chi connectivity index (χ1n) is 11.9. The Balaban J connectivity index is 1.40. The maximum Gasteiger partial charge on any atom is 0.329 e. The van der Waals surface area contributed by atoms with E-state index in [0.29, 0.717) is 49.5 Å². The molecule has 0 spiro atoms. The average molecular weight is 477 g/mol. The maximum absolute atomic E-state index is 13.2. The number of carbonyl (C=O) groups is 2. The summed E-state index contributed by atoms with van der Waals surface area (Å²) in [4.78, 5) is 40.9. The Hall–Kier alpha value is -3.85. The molecule has 1 N–H and O–H groups in total. The molecule has 1 fully saturated rings. The zero-order chi connectivity index (χ0) is 24.4. The highest BCUT2D eigenvalue weighted by atomic mass is 16.5. The molecule has 0 atom stereocenters. The van der Waals surface area contributed by atoms with Crippen LogP contribution in [0.25, 0.3) is 22.0 Å². The number of para-hydroxylation sites is 3. The fourth-order valence-electron chi connectivity index (χ4n) is 4.57. The molecule has 0 bridgehead atoms. The lowest BCUT2D eigenvalue weighted by atomic mass is 10.2. The highest BCUT2D eigenvalue weighted by Gasteiger charge is 2.27. The van der Waals surface area contributed by atoms with Crippen molar-refractivity contribution in [3.8, 4) is 0 Å². The fourth-order valence-corrected chi connectivity index (χ4v) is 4.57. The normalized spacial score (nSPS) is 14.0. The summed E-state index contributed by atoms with van der Waals surface area (Å²) in [5, 5.41) is 3.55. The molecule has 2 amide bonds. The molecule has 1 saturated heterocycles. The molecule has 9 heteroatoms. The Bertz CT molecular complexity index is 1440. The molecule has 0 unspecified atom stereocenters. The van der Waals surface area contributed by atoms with Crippen LogP contribution < -0.4 is 11.0 Å². The monoisotopic (exact) mass is 476 g/mol. The van der Waals surface area contributed by atoms with Crippen LogP contribution in [0.5, 0.6) is 0 Å². The number of nitrogens with one attached hydrogen (secondary N) is 1. The summed E-state index contributed by atoms with van der Waals surface area (Å²) >= 11 is 0. The van der Waals surface area contributed by atoms with Crippen molar-refractivity contribution in [1.29, 1.82) is 0 Å². The molecule has 182 valence electrons. The zero-order valence-electron chi connectivity index (χ0n) is 19.7. The van der Waals surface area contributed by atoms with Gasteiger partial charge in [0.15, 0.2) is 0 Å². The van der Waals surface area contributed by atoms with E-state index >= 15 is 0 Å². The van der Waals surface area contributed by atoms with Crippen molar-refractivity contribution in [1.82, 2.24) is 14.0 Å². The second-order valence-electron chi connectivity index (χ2n) is 8.58. The Morgan fingerprint density at radius 1 is 0.943 bits per heavy atom. The van der Waals surface area contributed by atoms with Gasteiger partial charge in [-0.3, -0.25) is 18.7 Å². The van der Waals surface area contributed by atoms with Crippen LogP contribution in [0.2, 0.25) is 0 Å². The van der Waals surface area contributed by atoms with Crippen LogP contribution in [0.15, 0.2) is 57.7 Å². The van der Waals surface area contributed by atoms with Crippen molar-refractivity contribution in [3.05, 3.63) is 64.8 Å². The summed E-state index contributed by atoms with van der Waals surface area (Å²) in [5.41, 5.74) is 2.42. The number of ether oxygens (including phenoxy) is 1. The van der Waals surface area contributed by atoms with Gasteiger partial charge in [-0.2, -0.15) is 0 Å². The first-order chi connectivity index (χ1) is 17.1. The summed E-state index contributed by atoms with van der Waals surface area (Å²) in [6.45, 7) is 4.73. The summed E-state index contributed by atoms with van der Waals surface area (Å²) < 4.78 is 14.6. The minimum absolute atomic E-state index is 0.0741. The van der Waals surface area contributed by atoms with Gasteiger partial charge < -0.3 is 19.4 Å². The number of nitrogens with zero attached hydrogens (tertiary/aromatic N) is 3. The lowest BCUT2D eigenvalue weighted by Crippen LogP contribution is -2.40. The van der Waals surface area contributed by atoms with E-state index in [0.717, 1.165) is 17.5 Å². The molecular weight excluding hydrogens is 448 g/mol. The molecule has 0 aliphatic carbocycles. The molecule has 2 aromatic carbocycles. The zero-order valence-corrected chi connectivity index (χ0v) is 19.7. The van der Waals surface area contributed by atoms with Crippen molar-refractivity contribution in [2.75, 3.05) is 31.6 Å². The van der Waals surface area contributed by atoms with Crippen molar-refractivity contribution in [2.24, 2.45) is 0 Å². The van der Waals surface area contributed by atoms with Gasteiger partial charge in [0.2, 0.25) is 11.7 Å². The third kappa shape index (κ3) is 4.35. The minimum Gasteiger partial charge on any atom is -0.449 e. The fraction of sp³-hybridized carbons (Fsp3) is 0.346. The molecule has 0 radical (unpaired) electrons. The predicted octanol–water partition coefficient (Wildman–Crippen LogP) is 3.46. The van der Waals surface area contributed by atoms with Crippen molar-refractivity contribution >= 4 is 39.5 Å². The lowest BCUT2D eigenvalue weighted by Gasteiger charge is -2.26. The van der Waals surface area contributed by atoms with Crippen LogP contribution in [0, 0.1) is 0 Å². The Labute approximate surface area is 201 Å². The first kappa shape index (κ1) is 22.9. The minimum atomic E-state index is -0.299. The van der Waals surface area contributed by atoms with Crippen LogP contribution in [0.3, 0.4) is 0 Å². The summed E-state index contributed by atoms with van der Waals surface area (Å²) in [5.74, 6) is -0.469. The number of hydrogen-bond donors (Lipinski definition) is 1. The number of fused-ring (bicyclic) bond motifs is 2. The van der Waals surface area contributed by atoms with Gasteiger partial charge in [-0.1, -0.05) is 31.2 Å². The number of anilines is 1. The van der Waals surface area contributed by atoms with Crippen LogP contribution in [-0.4, -0.2) is 52.2 Å². The van der Waals surface area contributed by atoms with E-state index in [1.165, 1.54) is 0 Å². The van der Waals surface area contributed by atoms with Gasteiger partial charge in [0.25, 0.3) is 5.91 Å². The van der Waals surface area contributed by atoms with Crippen LogP contribution in [0.1, 0.15) is 30.3 Å². The number of aromatic nitrogens is 2. The average Bonchev–Trinajstić information content (AvgIpc) is 3.38. The van der Waals surface area contributed by atoms with E-state index in [2.05, 4.69) is 5.32 Å². The Morgan fingerprint density at radius 2 is 1.60 bits per heavy atom. The van der Waals surface area contributed by atoms with Crippen molar-refractivity contribution in [3.63, 3.8) is 0 Å². The first-order valence-corrected chi connectivity index (χ1v) is 11.9. The molecule has 35 heavy (non-hydrogen) atoms. The number of aryl methyl sites for hydroxylation is 2. The Kier molecular flexibility index (Phi) is 6.41. The van der Waals surface area contributed by atoms with E-state index < -0.39 is 0 Å². The van der Waals surface area contributed by atoms with Gasteiger partial charge in [-0.15, -0.1) is 0 Å². The van der Waals surface area contributed by atoms with Gasteiger partial charge in [0.1, 0.15) is 11.3 Å². The van der Waals surface area contributed by atoms with E-state index in [1.54, 1.807) is 20.1 Å². The van der Waals surface area contributed by atoms with Crippen LogP contribution in [-0.2, 0) is 22.6 Å². The molecule has 4 aromatic rings. The molecular formula is C26H28N4O5. The second-order valence-corrected chi connectivity index (χ2v) is 8.58. The van der Waals surface area contributed by atoms with Crippen molar-refractivity contribution < 1.29 is 18.7 Å². The summed E-state index contributed by atoms with van der Waals surface area (Å²) in [7, 11) is 0. The van der Waals surface area contributed by atoms with Crippen molar-refractivity contribution in [2.45, 2.75) is 32.9 Å². The Morgan fingerprint density at radius 3 is 2.31 bits per heavy atom. The second kappa shape index (κ2) is 9.79. The van der Waals surface area contributed by atoms with Gasteiger partial charge in [0.05, 0.1) is 24.2 Å². The number of rotatable bonds is 7. The topological polar surface area (TPSA) is 98.7 Å². The quantitative estimate of drug-likeness (QED) is 0.441. The molecule has 9 nitrogen and oxygen atoms in total. The van der Waals surface area contributed by atoms with Gasteiger partial charge in [-0.05, 0) is 30.7 Å². The SMILES string of the molecule is CCCn1c(=O)n(CCC(=O)Nc2c(C(=O)N3CCOCC3)oc3ccccc23)c2ccccc21. The van der Waals surface area contributed by atoms with Crippen LogP contribution >= 0.6 is 0 Å². The highest BCUT2D eigenvalue weighted by molar-refractivity contribution is 6.10. The van der Waals surface area contributed by atoms with Crippen LogP contribution in [0.4, 0.5) is 5.69 Å². The van der Waals surface area contributed by atoms with E-state index in [9.17, 15) is 14.4 Å². The predicted molar refractivity (Wildman–Crippen MR) is 133 cm³/mol. The number of benzene rings is 2. The number of amides is 2. The molecule has 3 heterocycles. The maximum atomic E-state index is 13.2. The number of morpholine rings is 1.